The van der Waals surface area contributed by atoms with Crippen molar-refractivity contribution in [3.05, 3.63) is 90.3 Å². The van der Waals surface area contributed by atoms with Gasteiger partial charge in [-0.1, -0.05) is 41.4 Å². The molecule has 0 saturated carbocycles. The summed E-state index contributed by atoms with van der Waals surface area (Å²) in [6.45, 7) is 0.237. The van der Waals surface area contributed by atoms with E-state index >= 15 is 0 Å². The fourth-order valence-electron chi connectivity index (χ4n) is 2.61. The molecule has 0 aromatic heterocycles. The van der Waals surface area contributed by atoms with Gasteiger partial charge in [0.05, 0.1) is 23.4 Å². The van der Waals surface area contributed by atoms with Gasteiger partial charge in [0.15, 0.2) is 11.5 Å². The second kappa shape index (κ2) is 11.0. The van der Waals surface area contributed by atoms with E-state index in [1.165, 1.54) is 6.21 Å². The van der Waals surface area contributed by atoms with Crippen molar-refractivity contribution in [3.63, 3.8) is 0 Å². The van der Waals surface area contributed by atoms with E-state index in [0.29, 0.717) is 41.6 Å². The summed E-state index contributed by atoms with van der Waals surface area (Å²) < 4.78 is 12.7. The number of methoxy groups -OCH3 is 1. The molecule has 1 N–H and O–H groups in total. The van der Waals surface area contributed by atoms with Crippen LogP contribution in [0.25, 0.3) is 0 Å². The maximum atomic E-state index is 12.2. The van der Waals surface area contributed by atoms with Gasteiger partial charge in [-0.15, -0.1) is 0 Å². The number of benzene rings is 3. The molecule has 3 aromatic rings. The molecular weight excluding hydrogens is 571 g/mol. The summed E-state index contributed by atoms with van der Waals surface area (Å²) in [6, 6.07) is 15.9. The number of nitrogens with one attached hydrogen (secondary N) is 1. The lowest BCUT2D eigenvalue weighted by molar-refractivity contribution is 0.0954. The number of rotatable bonds is 7. The number of hydrogen-bond donors (Lipinski definition) is 1. The molecule has 160 valence electrons. The molecule has 1 amide bonds. The molecule has 0 heterocycles. The quantitative estimate of drug-likeness (QED) is 0.243. The Balaban J connectivity index is 1.72. The molecule has 0 fully saturated rings. The molecular formula is C22H16Br2Cl2N2O3. The van der Waals surface area contributed by atoms with Gasteiger partial charge in [-0.05, 0) is 73.8 Å². The summed E-state index contributed by atoms with van der Waals surface area (Å²) in [5.74, 6) is 0.690. The molecule has 0 aliphatic heterocycles. The number of nitrogens with zero attached hydrogens (tertiary/aromatic N) is 1. The van der Waals surface area contributed by atoms with Crippen LogP contribution >= 0.6 is 55.1 Å². The number of carbonyl (C=O) groups is 1. The Bertz CT molecular complexity index is 1140. The first-order valence-electron chi connectivity index (χ1n) is 8.91. The lowest BCUT2D eigenvalue weighted by Gasteiger charge is -2.14. The van der Waals surface area contributed by atoms with Crippen molar-refractivity contribution in [2.75, 3.05) is 7.11 Å². The molecule has 0 aliphatic rings. The Morgan fingerprint density at radius 3 is 2.58 bits per heavy atom. The minimum absolute atomic E-state index is 0.237. The van der Waals surface area contributed by atoms with Gasteiger partial charge >= 0.3 is 0 Å². The van der Waals surface area contributed by atoms with E-state index < -0.39 is 0 Å². The molecule has 0 unspecified atom stereocenters. The fourth-order valence-corrected chi connectivity index (χ4v) is 4.12. The van der Waals surface area contributed by atoms with Crippen LogP contribution in [0.2, 0.25) is 10.0 Å². The van der Waals surface area contributed by atoms with Gasteiger partial charge in [-0.3, -0.25) is 4.79 Å². The first kappa shape index (κ1) is 23.6. The largest absolute Gasteiger partial charge is 0.493 e. The van der Waals surface area contributed by atoms with Gasteiger partial charge in [0.25, 0.3) is 5.91 Å². The molecule has 3 rings (SSSR count). The first-order chi connectivity index (χ1) is 14.9. The molecule has 3 aromatic carbocycles. The summed E-state index contributed by atoms with van der Waals surface area (Å²) >= 11 is 19.0. The highest BCUT2D eigenvalue weighted by atomic mass is 79.9. The number of ether oxygens (including phenoxy) is 2. The molecule has 0 aliphatic carbocycles. The minimum Gasteiger partial charge on any atom is -0.493 e. The van der Waals surface area contributed by atoms with Crippen LogP contribution in [0.15, 0.2) is 68.6 Å². The van der Waals surface area contributed by atoms with Crippen LogP contribution in [0.1, 0.15) is 21.5 Å². The highest BCUT2D eigenvalue weighted by molar-refractivity contribution is 9.10. The molecule has 0 atom stereocenters. The first-order valence-corrected chi connectivity index (χ1v) is 11.3. The third kappa shape index (κ3) is 6.23. The zero-order chi connectivity index (χ0) is 22.4. The molecule has 0 spiro atoms. The van der Waals surface area contributed by atoms with Crippen molar-refractivity contribution in [2.45, 2.75) is 6.61 Å². The highest BCUT2D eigenvalue weighted by Gasteiger charge is 2.13. The van der Waals surface area contributed by atoms with Crippen molar-refractivity contribution in [1.29, 1.82) is 0 Å². The molecule has 0 radical (unpaired) electrons. The van der Waals surface area contributed by atoms with Crippen LogP contribution in [0.5, 0.6) is 11.5 Å². The Labute approximate surface area is 206 Å². The average Bonchev–Trinajstić information content (AvgIpc) is 2.74. The topological polar surface area (TPSA) is 59.9 Å². The van der Waals surface area contributed by atoms with Crippen LogP contribution in [-0.2, 0) is 6.61 Å². The number of carbonyl (C=O) groups excluding carboxylic acids is 1. The second-order valence-electron chi connectivity index (χ2n) is 6.24. The third-order valence-electron chi connectivity index (χ3n) is 4.14. The van der Waals surface area contributed by atoms with Crippen LogP contribution < -0.4 is 14.9 Å². The van der Waals surface area contributed by atoms with E-state index in [4.69, 9.17) is 32.7 Å². The Kier molecular flexibility index (Phi) is 8.37. The van der Waals surface area contributed by atoms with Crippen LogP contribution in [0.3, 0.4) is 0 Å². The Hall–Kier alpha value is -2.06. The van der Waals surface area contributed by atoms with Gasteiger partial charge in [0.1, 0.15) is 6.61 Å². The predicted octanol–water partition coefficient (Wildman–Crippen LogP) is 6.87. The molecule has 9 heteroatoms. The zero-order valence-corrected chi connectivity index (χ0v) is 20.8. The van der Waals surface area contributed by atoms with Crippen LogP contribution in [0, 0.1) is 0 Å². The van der Waals surface area contributed by atoms with E-state index in [9.17, 15) is 4.79 Å². The number of amides is 1. The van der Waals surface area contributed by atoms with Crippen molar-refractivity contribution in [3.8, 4) is 11.5 Å². The third-order valence-corrected chi connectivity index (χ3v) is 6.00. The van der Waals surface area contributed by atoms with Gasteiger partial charge < -0.3 is 9.47 Å². The van der Waals surface area contributed by atoms with Crippen molar-refractivity contribution < 1.29 is 14.3 Å². The standard InChI is InChI=1S/C22H16Br2Cl2N2O3/c1-30-20-9-13(11-27-28-22(29)16-4-2-3-5-17(16)23)8-18(24)21(20)31-12-14-6-7-15(25)10-19(14)26/h2-11H,12H2,1H3,(H,28,29)/b27-11-. The molecule has 0 bridgehead atoms. The molecule has 31 heavy (non-hydrogen) atoms. The Morgan fingerprint density at radius 2 is 1.87 bits per heavy atom. The zero-order valence-electron chi connectivity index (χ0n) is 16.2. The maximum Gasteiger partial charge on any atom is 0.272 e. The smallest absolute Gasteiger partial charge is 0.272 e. The number of halogens is 4. The number of hydrazone groups is 1. The van der Waals surface area contributed by atoms with E-state index in [0.717, 1.165) is 5.56 Å². The van der Waals surface area contributed by atoms with Gasteiger partial charge in [-0.25, -0.2) is 5.43 Å². The predicted molar refractivity (Wildman–Crippen MR) is 131 cm³/mol. The van der Waals surface area contributed by atoms with Crippen molar-refractivity contribution >= 4 is 67.2 Å². The van der Waals surface area contributed by atoms with Gasteiger partial charge in [-0.2, -0.15) is 5.10 Å². The van der Waals surface area contributed by atoms with Crippen LogP contribution in [0.4, 0.5) is 0 Å². The summed E-state index contributed by atoms with van der Waals surface area (Å²) in [5, 5.41) is 5.10. The van der Waals surface area contributed by atoms with Crippen molar-refractivity contribution in [1.82, 2.24) is 5.43 Å². The lowest BCUT2D eigenvalue weighted by Crippen LogP contribution is -2.18. The second-order valence-corrected chi connectivity index (χ2v) is 8.79. The normalized spacial score (nSPS) is 10.9. The van der Waals surface area contributed by atoms with E-state index in [-0.39, 0.29) is 12.5 Å². The van der Waals surface area contributed by atoms with E-state index in [1.54, 1.807) is 55.6 Å². The summed E-state index contributed by atoms with van der Waals surface area (Å²) in [5.41, 5.74) is 4.49. The molecule has 0 saturated heterocycles. The monoisotopic (exact) mass is 584 g/mol. The Morgan fingerprint density at radius 1 is 1.10 bits per heavy atom. The summed E-state index contributed by atoms with van der Waals surface area (Å²) in [6.07, 6.45) is 1.52. The maximum absolute atomic E-state index is 12.2. The molecule has 5 nitrogen and oxygen atoms in total. The lowest BCUT2D eigenvalue weighted by atomic mass is 10.2. The van der Waals surface area contributed by atoms with E-state index in [1.807, 2.05) is 6.07 Å². The fraction of sp³-hybridized carbons (Fsp3) is 0.0909. The minimum atomic E-state index is -0.324. The summed E-state index contributed by atoms with van der Waals surface area (Å²) in [4.78, 5) is 12.2. The van der Waals surface area contributed by atoms with E-state index in [2.05, 4.69) is 42.4 Å². The van der Waals surface area contributed by atoms with Crippen molar-refractivity contribution in [2.24, 2.45) is 5.10 Å². The highest BCUT2D eigenvalue weighted by Crippen LogP contribution is 2.37. The summed E-state index contributed by atoms with van der Waals surface area (Å²) in [7, 11) is 1.54. The SMILES string of the molecule is COc1cc(/C=N\NC(=O)c2ccccc2Br)cc(Br)c1OCc1ccc(Cl)cc1Cl. The number of hydrogen-bond acceptors (Lipinski definition) is 4. The van der Waals surface area contributed by atoms with Crippen LogP contribution in [-0.4, -0.2) is 19.2 Å². The average molecular weight is 587 g/mol. The van der Waals surface area contributed by atoms with Gasteiger partial charge in [0, 0.05) is 20.1 Å². The van der Waals surface area contributed by atoms with Gasteiger partial charge in [0.2, 0.25) is 0 Å².